The number of nitrogens with one attached hydrogen (secondary N) is 1. The summed E-state index contributed by atoms with van der Waals surface area (Å²) in [5, 5.41) is 12.2. The number of aliphatic hydroxyl groups excluding tert-OH is 1. The van der Waals surface area contributed by atoms with Crippen LogP contribution in [0.5, 0.6) is 0 Å². The van der Waals surface area contributed by atoms with Crippen molar-refractivity contribution in [1.29, 1.82) is 0 Å². The zero-order valence-corrected chi connectivity index (χ0v) is 14.8. The zero-order chi connectivity index (χ0) is 17.4. The van der Waals surface area contributed by atoms with Crippen LogP contribution in [-0.4, -0.2) is 36.1 Å². The molecule has 0 heterocycles. The lowest BCUT2D eigenvalue weighted by Gasteiger charge is -2.27. The highest BCUT2D eigenvalue weighted by atomic mass is 16.5. The Balaban J connectivity index is 1.56. The molecule has 2 fully saturated rings. The number of allylic oxidation sites excluding steroid dienone is 1. The average molecular weight is 337 g/mol. The Morgan fingerprint density at radius 1 is 1.17 bits per heavy atom. The molecular weight excluding hydrogens is 306 g/mol. The molecule has 0 atom stereocenters. The van der Waals surface area contributed by atoms with E-state index in [4.69, 9.17) is 9.84 Å². The van der Waals surface area contributed by atoms with Crippen molar-refractivity contribution in [1.82, 2.24) is 5.32 Å². The highest BCUT2D eigenvalue weighted by Gasteiger charge is 2.24. The van der Waals surface area contributed by atoms with Crippen LogP contribution in [0.2, 0.25) is 0 Å². The largest absolute Gasteiger partial charge is 0.501 e. The molecule has 2 rings (SSSR count). The normalized spacial score (nSPS) is 27.4. The minimum absolute atomic E-state index is 0.0312. The molecule has 1 amide bonds. The van der Waals surface area contributed by atoms with Crippen molar-refractivity contribution >= 4 is 11.7 Å². The van der Waals surface area contributed by atoms with Gasteiger partial charge >= 0.3 is 0 Å². The number of hydrogen-bond acceptors (Lipinski definition) is 4. The summed E-state index contributed by atoms with van der Waals surface area (Å²) in [6.07, 6.45) is 9.75. The Bertz CT molecular complexity index is 442. The predicted octanol–water partition coefficient (Wildman–Crippen LogP) is 2.72. The smallest absolute Gasteiger partial charge is 0.223 e. The summed E-state index contributed by atoms with van der Waals surface area (Å²) < 4.78 is 5.52. The Morgan fingerprint density at radius 3 is 2.42 bits per heavy atom. The third kappa shape index (κ3) is 6.27. The van der Waals surface area contributed by atoms with Crippen molar-refractivity contribution in [2.24, 2.45) is 11.8 Å². The van der Waals surface area contributed by atoms with Gasteiger partial charge in [-0.2, -0.15) is 0 Å². The number of ketones is 1. The Morgan fingerprint density at radius 2 is 1.83 bits per heavy atom. The van der Waals surface area contributed by atoms with Crippen molar-refractivity contribution in [3.8, 4) is 0 Å². The van der Waals surface area contributed by atoms with E-state index in [9.17, 15) is 9.59 Å². The van der Waals surface area contributed by atoms with Crippen molar-refractivity contribution in [2.45, 2.75) is 70.8 Å². The van der Waals surface area contributed by atoms with Gasteiger partial charge in [0.2, 0.25) is 5.91 Å². The standard InChI is InChI=1S/C19H31NO4/c1-14(22)17-6-8-18(9-7-17)20-19(23)10-11-24-13-16-4-2-15(12-21)3-5-16/h13,15,17-18,21H,2-12H2,1H3,(H,20,23). The van der Waals surface area contributed by atoms with Gasteiger partial charge in [0.25, 0.3) is 0 Å². The first kappa shape index (κ1) is 19.0. The lowest BCUT2D eigenvalue weighted by molar-refractivity contribution is -0.123. The van der Waals surface area contributed by atoms with Crippen LogP contribution < -0.4 is 5.32 Å². The summed E-state index contributed by atoms with van der Waals surface area (Å²) in [5.41, 5.74) is 1.28. The van der Waals surface area contributed by atoms with E-state index in [1.54, 1.807) is 13.2 Å². The van der Waals surface area contributed by atoms with Gasteiger partial charge in [0.15, 0.2) is 0 Å². The van der Waals surface area contributed by atoms with Crippen LogP contribution in [0.3, 0.4) is 0 Å². The molecule has 0 aromatic rings. The topological polar surface area (TPSA) is 75.6 Å². The van der Waals surface area contributed by atoms with Crippen LogP contribution in [0, 0.1) is 11.8 Å². The van der Waals surface area contributed by atoms with Crippen LogP contribution in [0.15, 0.2) is 11.8 Å². The van der Waals surface area contributed by atoms with Crippen LogP contribution in [0.25, 0.3) is 0 Å². The fraction of sp³-hybridized carbons (Fsp3) is 0.789. The monoisotopic (exact) mass is 337 g/mol. The zero-order valence-electron chi connectivity index (χ0n) is 14.8. The lowest BCUT2D eigenvalue weighted by atomic mass is 9.84. The van der Waals surface area contributed by atoms with E-state index in [1.165, 1.54) is 5.57 Å². The summed E-state index contributed by atoms with van der Waals surface area (Å²) in [6, 6.07) is 0.209. The van der Waals surface area contributed by atoms with E-state index in [0.717, 1.165) is 51.4 Å². The molecule has 2 N–H and O–H groups in total. The third-order valence-electron chi connectivity index (χ3n) is 5.37. The first-order chi connectivity index (χ1) is 11.6. The van der Waals surface area contributed by atoms with Crippen molar-refractivity contribution in [2.75, 3.05) is 13.2 Å². The molecule has 2 aliphatic rings. The van der Waals surface area contributed by atoms with E-state index < -0.39 is 0 Å². The summed E-state index contributed by atoms with van der Waals surface area (Å²) in [7, 11) is 0. The van der Waals surface area contributed by atoms with E-state index in [-0.39, 0.29) is 30.3 Å². The van der Waals surface area contributed by atoms with Gasteiger partial charge in [-0.25, -0.2) is 0 Å². The molecule has 0 aromatic heterocycles. The molecule has 0 aromatic carbocycles. The fourth-order valence-corrected chi connectivity index (χ4v) is 3.62. The molecule has 5 nitrogen and oxygen atoms in total. The Kier molecular flexibility index (Phi) is 7.76. The van der Waals surface area contributed by atoms with Gasteiger partial charge in [-0.15, -0.1) is 0 Å². The first-order valence-corrected chi connectivity index (χ1v) is 9.28. The maximum atomic E-state index is 12.0. The van der Waals surface area contributed by atoms with Gasteiger partial charge in [0.05, 0.1) is 19.3 Å². The minimum Gasteiger partial charge on any atom is -0.501 e. The number of Topliss-reactive ketones (excluding diaryl/α,β-unsaturated/α-hetero) is 1. The molecular formula is C19H31NO4. The molecule has 0 aliphatic heterocycles. The highest BCUT2D eigenvalue weighted by molar-refractivity contribution is 5.78. The molecule has 0 spiro atoms. The Labute approximate surface area is 144 Å². The molecule has 0 saturated heterocycles. The van der Waals surface area contributed by atoms with Gasteiger partial charge < -0.3 is 15.2 Å². The molecule has 136 valence electrons. The number of carbonyl (C=O) groups is 2. The van der Waals surface area contributed by atoms with Crippen molar-refractivity contribution in [3.63, 3.8) is 0 Å². The van der Waals surface area contributed by atoms with E-state index in [0.29, 0.717) is 18.9 Å². The van der Waals surface area contributed by atoms with E-state index in [1.807, 2.05) is 0 Å². The number of ether oxygens (including phenoxy) is 1. The number of aliphatic hydroxyl groups is 1. The lowest BCUT2D eigenvalue weighted by Crippen LogP contribution is -2.38. The van der Waals surface area contributed by atoms with E-state index >= 15 is 0 Å². The quantitative estimate of drug-likeness (QED) is 0.553. The Hall–Kier alpha value is -1.36. The van der Waals surface area contributed by atoms with Crippen LogP contribution in [0.4, 0.5) is 0 Å². The summed E-state index contributed by atoms with van der Waals surface area (Å²) >= 11 is 0. The summed E-state index contributed by atoms with van der Waals surface area (Å²) in [6.45, 7) is 2.34. The minimum atomic E-state index is 0.0312. The van der Waals surface area contributed by atoms with Crippen LogP contribution in [0.1, 0.15) is 64.7 Å². The average Bonchev–Trinajstić information content (AvgIpc) is 2.59. The number of amides is 1. The highest BCUT2D eigenvalue weighted by Crippen LogP contribution is 2.27. The molecule has 0 bridgehead atoms. The molecule has 5 heteroatoms. The second-order valence-electron chi connectivity index (χ2n) is 7.25. The second kappa shape index (κ2) is 9.82. The number of rotatable bonds is 7. The second-order valence-corrected chi connectivity index (χ2v) is 7.25. The molecule has 2 saturated carbocycles. The van der Waals surface area contributed by atoms with Gasteiger partial charge in [0.1, 0.15) is 5.78 Å². The molecule has 24 heavy (non-hydrogen) atoms. The summed E-state index contributed by atoms with van der Waals surface area (Å²) in [4.78, 5) is 23.3. The number of carbonyl (C=O) groups excluding carboxylic acids is 2. The predicted molar refractivity (Wildman–Crippen MR) is 92.3 cm³/mol. The van der Waals surface area contributed by atoms with Crippen LogP contribution in [-0.2, 0) is 14.3 Å². The van der Waals surface area contributed by atoms with Gasteiger partial charge in [-0.3, -0.25) is 9.59 Å². The van der Waals surface area contributed by atoms with E-state index in [2.05, 4.69) is 5.32 Å². The first-order valence-electron chi connectivity index (χ1n) is 9.28. The third-order valence-corrected chi connectivity index (χ3v) is 5.37. The molecule has 0 radical (unpaired) electrons. The summed E-state index contributed by atoms with van der Waals surface area (Å²) in [5.74, 6) is 0.929. The molecule has 0 unspecified atom stereocenters. The fourth-order valence-electron chi connectivity index (χ4n) is 3.62. The molecule has 2 aliphatic carbocycles. The van der Waals surface area contributed by atoms with Crippen LogP contribution >= 0.6 is 0 Å². The van der Waals surface area contributed by atoms with Gasteiger partial charge in [-0.1, -0.05) is 0 Å². The number of hydrogen-bond donors (Lipinski definition) is 2. The van der Waals surface area contributed by atoms with Crippen molar-refractivity contribution < 1.29 is 19.4 Å². The van der Waals surface area contributed by atoms with Crippen molar-refractivity contribution in [3.05, 3.63) is 11.8 Å². The SMILES string of the molecule is CC(=O)C1CCC(NC(=O)CCOC=C2CCC(CO)CC2)CC1. The maximum absolute atomic E-state index is 12.0. The van der Waals surface area contributed by atoms with Gasteiger partial charge in [0, 0.05) is 18.6 Å². The van der Waals surface area contributed by atoms with Gasteiger partial charge in [-0.05, 0) is 69.8 Å². The maximum Gasteiger partial charge on any atom is 0.223 e.